The summed E-state index contributed by atoms with van der Waals surface area (Å²) in [7, 11) is 0. The lowest BCUT2D eigenvalue weighted by molar-refractivity contribution is -0.134. The topological polar surface area (TPSA) is 83.6 Å². The van der Waals surface area contributed by atoms with Gasteiger partial charge in [-0.1, -0.05) is 34.4 Å². The van der Waals surface area contributed by atoms with Gasteiger partial charge in [-0.3, -0.25) is 0 Å². The van der Waals surface area contributed by atoms with Crippen LogP contribution in [0.1, 0.15) is 19.4 Å². The molecule has 1 aromatic carbocycles. The number of esters is 1. The molecule has 0 aromatic heterocycles. The molecule has 0 fully saturated rings. The Labute approximate surface area is 131 Å². The quantitative estimate of drug-likeness (QED) is 0.389. The van der Waals surface area contributed by atoms with Crippen LogP contribution in [0.3, 0.4) is 0 Å². The molecule has 0 heterocycles. The molecule has 6 nitrogen and oxygen atoms in total. The Morgan fingerprint density at radius 2 is 2.14 bits per heavy atom. The summed E-state index contributed by atoms with van der Waals surface area (Å²) >= 11 is 11.7. The first kappa shape index (κ1) is 17.1. The van der Waals surface area contributed by atoms with E-state index in [0.29, 0.717) is 15.6 Å². The maximum absolute atomic E-state index is 11.5. The number of oxime groups is 1. The van der Waals surface area contributed by atoms with E-state index >= 15 is 0 Å². The summed E-state index contributed by atoms with van der Waals surface area (Å²) in [4.78, 5) is 11.5. The predicted octanol–water partition coefficient (Wildman–Crippen LogP) is 3.18. The van der Waals surface area contributed by atoms with Crippen molar-refractivity contribution in [1.29, 1.82) is 0 Å². The lowest BCUT2D eigenvalue weighted by Crippen LogP contribution is -2.24. The minimum absolute atomic E-state index is 0.109. The van der Waals surface area contributed by atoms with Crippen LogP contribution in [-0.2, 0) is 9.53 Å². The van der Waals surface area contributed by atoms with Crippen molar-refractivity contribution in [1.82, 2.24) is 0 Å². The van der Waals surface area contributed by atoms with E-state index in [1.165, 1.54) is 13.1 Å². The largest absolute Gasteiger partial charge is 0.461 e. The highest BCUT2D eigenvalue weighted by molar-refractivity contribution is 6.65. The Morgan fingerprint density at radius 3 is 2.71 bits per heavy atom. The standard InChI is InChI=1S/C13H13Cl2N3O3/c1-3-21-13(19)12(18-20)8(2)17-16-7-9-4-5-10(14)6-11(9)15/h4-7,20H,3H2,1-2H3/b16-7-,17-8-,18-12+. The molecule has 0 bridgehead atoms. The third kappa shape index (κ3) is 5.17. The zero-order valence-electron chi connectivity index (χ0n) is 11.4. The minimum atomic E-state index is -0.777. The van der Waals surface area contributed by atoms with Gasteiger partial charge in [0.05, 0.1) is 23.6 Å². The Bertz CT molecular complexity index is 613. The summed E-state index contributed by atoms with van der Waals surface area (Å²) in [6, 6.07) is 4.90. The average molecular weight is 330 g/mol. The van der Waals surface area contributed by atoms with E-state index in [1.807, 2.05) is 0 Å². The number of rotatable bonds is 5. The molecule has 1 rings (SSSR count). The van der Waals surface area contributed by atoms with Crippen LogP contribution in [0.2, 0.25) is 10.0 Å². The van der Waals surface area contributed by atoms with Crippen LogP contribution in [0.25, 0.3) is 0 Å². The van der Waals surface area contributed by atoms with Crippen molar-refractivity contribution in [2.24, 2.45) is 15.4 Å². The second kappa shape index (κ2) is 8.39. The maximum atomic E-state index is 11.5. The van der Waals surface area contributed by atoms with Crippen LogP contribution in [0, 0.1) is 0 Å². The Hall–Kier alpha value is -1.92. The molecule has 21 heavy (non-hydrogen) atoms. The molecule has 0 amide bonds. The lowest BCUT2D eigenvalue weighted by Gasteiger charge is -2.01. The predicted molar refractivity (Wildman–Crippen MR) is 83.0 cm³/mol. The van der Waals surface area contributed by atoms with Gasteiger partial charge < -0.3 is 9.94 Å². The number of hydrogen-bond donors (Lipinski definition) is 1. The van der Waals surface area contributed by atoms with Crippen molar-refractivity contribution < 1.29 is 14.7 Å². The van der Waals surface area contributed by atoms with Crippen LogP contribution in [0.4, 0.5) is 0 Å². The van der Waals surface area contributed by atoms with E-state index in [0.717, 1.165) is 0 Å². The van der Waals surface area contributed by atoms with Crippen LogP contribution >= 0.6 is 23.2 Å². The number of ether oxygens (including phenoxy) is 1. The van der Waals surface area contributed by atoms with Crippen molar-refractivity contribution in [3.05, 3.63) is 33.8 Å². The number of carbonyl (C=O) groups is 1. The molecule has 1 N–H and O–H groups in total. The van der Waals surface area contributed by atoms with Crippen LogP contribution in [0.5, 0.6) is 0 Å². The molecule has 0 aliphatic rings. The van der Waals surface area contributed by atoms with Crippen molar-refractivity contribution in [2.75, 3.05) is 6.61 Å². The molecule has 0 aliphatic carbocycles. The van der Waals surface area contributed by atoms with E-state index in [2.05, 4.69) is 15.4 Å². The van der Waals surface area contributed by atoms with Gasteiger partial charge in [0, 0.05) is 10.6 Å². The molecular formula is C13H13Cl2N3O3. The van der Waals surface area contributed by atoms with Gasteiger partial charge in [0.25, 0.3) is 0 Å². The highest BCUT2D eigenvalue weighted by atomic mass is 35.5. The summed E-state index contributed by atoms with van der Waals surface area (Å²) in [5, 5.41) is 20.1. The fourth-order valence-corrected chi connectivity index (χ4v) is 1.75. The van der Waals surface area contributed by atoms with Gasteiger partial charge in [-0.25, -0.2) is 4.79 Å². The van der Waals surface area contributed by atoms with Crippen LogP contribution < -0.4 is 0 Å². The lowest BCUT2D eigenvalue weighted by atomic mass is 10.2. The van der Waals surface area contributed by atoms with Gasteiger partial charge in [0.1, 0.15) is 0 Å². The third-order valence-electron chi connectivity index (χ3n) is 2.28. The van der Waals surface area contributed by atoms with Crippen LogP contribution in [-0.4, -0.2) is 35.4 Å². The molecule has 0 radical (unpaired) electrons. The number of carbonyl (C=O) groups excluding carboxylic acids is 1. The Kier molecular flexibility index (Phi) is 6.84. The second-order valence-corrected chi connectivity index (χ2v) is 4.61. The van der Waals surface area contributed by atoms with Crippen molar-refractivity contribution >= 4 is 46.8 Å². The fraction of sp³-hybridized carbons (Fsp3) is 0.231. The average Bonchev–Trinajstić information content (AvgIpc) is 2.42. The fourth-order valence-electron chi connectivity index (χ4n) is 1.29. The molecule has 8 heteroatoms. The summed E-state index contributed by atoms with van der Waals surface area (Å²) in [5.74, 6) is -0.777. The number of hydrogen-bond acceptors (Lipinski definition) is 6. The summed E-state index contributed by atoms with van der Waals surface area (Å²) in [6.45, 7) is 3.27. The molecule has 0 saturated carbocycles. The highest BCUT2D eigenvalue weighted by Gasteiger charge is 2.16. The number of benzene rings is 1. The second-order valence-electron chi connectivity index (χ2n) is 3.76. The molecule has 0 saturated heterocycles. The van der Waals surface area contributed by atoms with E-state index < -0.39 is 5.97 Å². The van der Waals surface area contributed by atoms with Gasteiger partial charge in [-0.15, -0.1) is 0 Å². The van der Waals surface area contributed by atoms with Crippen LogP contribution in [0.15, 0.2) is 33.6 Å². The molecule has 0 unspecified atom stereocenters. The number of nitrogens with zero attached hydrogens (tertiary/aromatic N) is 3. The van der Waals surface area contributed by atoms with Gasteiger partial charge in [0.15, 0.2) is 0 Å². The highest BCUT2D eigenvalue weighted by Crippen LogP contribution is 2.19. The Balaban J connectivity index is 2.87. The first-order valence-electron chi connectivity index (χ1n) is 5.91. The molecule has 112 valence electrons. The van der Waals surface area contributed by atoms with E-state index in [9.17, 15) is 4.79 Å². The van der Waals surface area contributed by atoms with E-state index in [-0.39, 0.29) is 18.0 Å². The third-order valence-corrected chi connectivity index (χ3v) is 2.84. The molecular weight excluding hydrogens is 317 g/mol. The monoisotopic (exact) mass is 329 g/mol. The van der Waals surface area contributed by atoms with E-state index in [1.54, 1.807) is 25.1 Å². The summed E-state index contributed by atoms with van der Waals surface area (Å²) < 4.78 is 4.71. The zero-order chi connectivity index (χ0) is 15.8. The zero-order valence-corrected chi connectivity index (χ0v) is 12.9. The smallest absolute Gasteiger partial charge is 0.362 e. The van der Waals surface area contributed by atoms with Crippen molar-refractivity contribution in [3.63, 3.8) is 0 Å². The molecule has 1 aromatic rings. The SMILES string of the molecule is CCOC(=O)C(=N/O)/C(C)=N\N=C/c1ccc(Cl)cc1Cl. The first-order valence-corrected chi connectivity index (χ1v) is 6.67. The maximum Gasteiger partial charge on any atom is 0.362 e. The van der Waals surface area contributed by atoms with Crippen molar-refractivity contribution in [3.8, 4) is 0 Å². The van der Waals surface area contributed by atoms with E-state index in [4.69, 9.17) is 33.1 Å². The molecule has 0 aliphatic heterocycles. The minimum Gasteiger partial charge on any atom is -0.461 e. The normalized spacial score (nSPS) is 12.8. The summed E-state index contributed by atoms with van der Waals surface area (Å²) in [6.07, 6.45) is 1.39. The summed E-state index contributed by atoms with van der Waals surface area (Å²) in [5.41, 5.74) is 0.407. The van der Waals surface area contributed by atoms with Gasteiger partial charge in [0.2, 0.25) is 5.71 Å². The number of halogens is 2. The van der Waals surface area contributed by atoms with Gasteiger partial charge in [-0.05, 0) is 26.0 Å². The van der Waals surface area contributed by atoms with Gasteiger partial charge >= 0.3 is 5.97 Å². The first-order chi connectivity index (χ1) is 9.99. The van der Waals surface area contributed by atoms with Gasteiger partial charge in [-0.2, -0.15) is 10.2 Å². The molecule has 0 spiro atoms. The molecule has 0 atom stereocenters. The van der Waals surface area contributed by atoms with Crippen molar-refractivity contribution in [2.45, 2.75) is 13.8 Å². The Morgan fingerprint density at radius 1 is 1.43 bits per heavy atom.